The van der Waals surface area contributed by atoms with Gasteiger partial charge in [0.15, 0.2) is 0 Å². The van der Waals surface area contributed by atoms with Gasteiger partial charge in [-0.2, -0.15) is 0 Å². The van der Waals surface area contributed by atoms with E-state index >= 15 is 0 Å². The molecule has 2 atom stereocenters. The molecule has 0 aromatic rings. The first-order valence-electron chi connectivity index (χ1n) is 8.48. The van der Waals surface area contributed by atoms with E-state index in [4.69, 9.17) is 0 Å². The summed E-state index contributed by atoms with van der Waals surface area (Å²) in [6.07, 6.45) is 8.90. The predicted molar refractivity (Wildman–Crippen MR) is 82.3 cm³/mol. The van der Waals surface area contributed by atoms with Crippen LogP contribution in [0.15, 0.2) is 0 Å². The molecule has 2 heteroatoms. The fourth-order valence-corrected chi connectivity index (χ4v) is 6.60. The molecule has 0 aromatic carbocycles. The number of carbonyl (C=O) groups is 1. The molecule has 4 bridgehead atoms. The highest BCUT2D eigenvalue weighted by molar-refractivity contribution is 5.76. The Bertz CT molecular complexity index is 396. The van der Waals surface area contributed by atoms with Gasteiger partial charge in [-0.05, 0) is 66.6 Å². The van der Waals surface area contributed by atoms with Crippen molar-refractivity contribution in [2.24, 2.45) is 28.1 Å². The summed E-state index contributed by atoms with van der Waals surface area (Å²) in [6.45, 7) is 10.1. The monoisotopic (exact) mass is 277 g/mol. The number of hydrogen-bond donors (Lipinski definition) is 1. The van der Waals surface area contributed by atoms with Gasteiger partial charge >= 0.3 is 0 Å². The summed E-state index contributed by atoms with van der Waals surface area (Å²) in [5.74, 6) is 1.73. The second-order valence-electron chi connectivity index (χ2n) is 9.50. The summed E-state index contributed by atoms with van der Waals surface area (Å²) in [4.78, 5) is 12.3. The molecule has 4 aliphatic carbocycles. The third-order valence-corrected chi connectivity index (χ3v) is 5.98. The lowest BCUT2D eigenvalue weighted by atomic mass is 9.40. The Balaban J connectivity index is 1.71. The van der Waals surface area contributed by atoms with Gasteiger partial charge in [0.25, 0.3) is 0 Å². The Morgan fingerprint density at radius 2 is 1.70 bits per heavy atom. The molecular weight excluding hydrogens is 246 g/mol. The minimum Gasteiger partial charge on any atom is -0.356 e. The van der Waals surface area contributed by atoms with Crippen LogP contribution >= 0.6 is 0 Å². The molecule has 0 saturated heterocycles. The van der Waals surface area contributed by atoms with E-state index in [-0.39, 0.29) is 0 Å². The molecule has 0 radical (unpaired) electrons. The van der Waals surface area contributed by atoms with Gasteiger partial charge in [0.1, 0.15) is 0 Å². The maximum Gasteiger partial charge on any atom is 0.220 e. The van der Waals surface area contributed by atoms with Crippen molar-refractivity contribution in [2.75, 3.05) is 6.54 Å². The minimum absolute atomic E-state index is 0.299. The van der Waals surface area contributed by atoms with Crippen LogP contribution in [0.3, 0.4) is 0 Å². The summed E-state index contributed by atoms with van der Waals surface area (Å²) >= 11 is 0. The molecule has 1 N–H and O–H groups in total. The SMILES string of the molecule is CC(C)CNC(=O)CC12CC3CC(C)(CC(C)(C3)C1)C2. The van der Waals surface area contributed by atoms with Crippen molar-refractivity contribution < 1.29 is 4.79 Å². The average Bonchev–Trinajstić information content (AvgIpc) is 2.20. The highest BCUT2D eigenvalue weighted by atomic mass is 16.1. The van der Waals surface area contributed by atoms with Crippen LogP contribution in [0.4, 0.5) is 0 Å². The predicted octanol–water partition coefficient (Wildman–Crippen LogP) is 4.15. The van der Waals surface area contributed by atoms with Gasteiger partial charge < -0.3 is 5.32 Å². The van der Waals surface area contributed by atoms with Crippen LogP contribution in [-0.2, 0) is 4.79 Å². The third-order valence-electron chi connectivity index (χ3n) is 5.98. The van der Waals surface area contributed by atoms with Gasteiger partial charge in [0.2, 0.25) is 5.91 Å². The second kappa shape index (κ2) is 4.48. The molecule has 0 aromatic heterocycles. The Morgan fingerprint density at radius 1 is 1.10 bits per heavy atom. The van der Waals surface area contributed by atoms with Crippen molar-refractivity contribution in [3.63, 3.8) is 0 Å². The Labute approximate surface area is 124 Å². The number of rotatable bonds is 4. The molecule has 4 aliphatic rings. The summed E-state index contributed by atoms with van der Waals surface area (Å²) in [5.41, 5.74) is 1.36. The van der Waals surface area contributed by atoms with E-state index in [0.717, 1.165) is 18.9 Å². The maximum absolute atomic E-state index is 12.3. The molecule has 0 heterocycles. The molecule has 4 fully saturated rings. The zero-order valence-electron chi connectivity index (χ0n) is 13.7. The van der Waals surface area contributed by atoms with Crippen molar-refractivity contribution in [3.05, 3.63) is 0 Å². The number of nitrogens with one attached hydrogen (secondary N) is 1. The van der Waals surface area contributed by atoms with Crippen LogP contribution in [0.25, 0.3) is 0 Å². The Kier molecular flexibility index (Phi) is 3.23. The van der Waals surface area contributed by atoms with E-state index in [2.05, 4.69) is 33.0 Å². The third kappa shape index (κ3) is 2.63. The van der Waals surface area contributed by atoms with Crippen LogP contribution in [0.2, 0.25) is 0 Å². The van der Waals surface area contributed by atoms with Crippen LogP contribution < -0.4 is 5.32 Å². The molecule has 114 valence electrons. The molecule has 2 nitrogen and oxygen atoms in total. The lowest BCUT2D eigenvalue weighted by Gasteiger charge is -2.65. The van der Waals surface area contributed by atoms with Crippen LogP contribution in [0, 0.1) is 28.1 Å². The highest BCUT2D eigenvalue weighted by Gasteiger charge is 2.60. The summed E-state index contributed by atoms with van der Waals surface area (Å²) in [7, 11) is 0. The Hall–Kier alpha value is -0.530. The van der Waals surface area contributed by atoms with Crippen LogP contribution in [0.1, 0.15) is 72.6 Å². The van der Waals surface area contributed by atoms with Gasteiger partial charge in [0, 0.05) is 13.0 Å². The lowest BCUT2D eigenvalue weighted by Crippen LogP contribution is -2.56. The van der Waals surface area contributed by atoms with Gasteiger partial charge in [-0.25, -0.2) is 0 Å². The maximum atomic E-state index is 12.3. The first-order chi connectivity index (χ1) is 9.22. The minimum atomic E-state index is 0.299. The van der Waals surface area contributed by atoms with Gasteiger partial charge in [0.05, 0.1) is 0 Å². The molecule has 4 rings (SSSR count). The first kappa shape index (κ1) is 14.4. The van der Waals surface area contributed by atoms with E-state index < -0.39 is 0 Å². The fourth-order valence-electron chi connectivity index (χ4n) is 6.60. The molecule has 1 amide bonds. The second-order valence-corrected chi connectivity index (χ2v) is 9.50. The van der Waals surface area contributed by atoms with Crippen molar-refractivity contribution in [1.82, 2.24) is 5.32 Å². The van der Waals surface area contributed by atoms with Crippen molar-refractivity contribution >= 4 is 5.91 Å². The van der Waals surface area contributed by atoms with Crippen molar-refractivity contribution in [3.8, 4) is 0 Å². The number of amides is 1. The molecule has 0 spiro atoms. The largest absolute Gasteiger partial charge is 0.356 e. The van der Waals surface area contributed by atoms with E-state index in [9.17, 15) is 4.79 Å². The molecule has 0 aliphatic heterocycles. The fraction of sp³-hybridized carbons (Fsp3) is 0.944. The molecule has 20 heavy (non-hydrogen) atoms. The number of carbonyl (C=O) groups excluding carboxylic acids is 1. The first-order valence-corrected chi connectivity index (χ1v) is 8.48. The van der Waals surface area contributed by atoms with Crippen LogP contribution in [0.5, 0.6) is 0 Å². The lowest BCUT2D eigenvalue weighted by molar-refractivity contribution is -0.156. The summed E-state index contributed by atoms with van der Waals surface area (Å²) in [5, 5.41) is 3.14. The molecule has 2 unspecified atom stereocenters. The standard InChI is InChI=1S/C18H31NO/c1-13(2)9-19-15(20)8-18-7-14-5-16(3,11-18)10-17(4,6-14)12-18/h13-14H,5-12H2,1-4H3,(H,19,20). The topological polar surface area (TPSA) is 29.1 Å². The molecule has 4 saturated carbocycles. The summed E-state index contributed by atoms with van der Waals surface area (Å²) < 4.78 is 0. The van der Waals surface area contributed by atoms with Crippen LogP contribution in [-0.4, -0.2) is 12.5 Å². The quantitative estimate of drug-likeness (QED) is 0.822. The van der Waals surface area contributed by atoms with Gasteiger partial charge in [-0.1, -0.05) is 27.7 Å². The number of hydrogen-bond acceptors (Lipinski definition) is 1. The van der Waals surface area contributed by atoms with Gasteiger partial charge in [-0.3, -0.25) is 4.79 Å². The van der Waals surface area contributed by atoms with E-state index in [0.29, 0.717) is 28.1 Å². The smallest absolute Gasteiger partial charge is 0.220 e. The highest BCUT2D eigenvalue weighted by Crippen LogP contribution is 2.70. The van der Waals surface area contributed by atoms with E-state index in [1.54, 1.807) is 0 Å². The zero-order valence-corrected chi connectivity index (χ0v) is 13.7. The van der Waals surface area contributed by atoms with E-state index in [1.807, 2.05) is 0 Å². The normalized spacial score (nSPS) is 46.0. The Morgan fingerprint density at radius 3 is 2.20 bits per heavy atom. The van der Waals surface area contributed by atoms with E-state index in [1.165, 1.54) is 38.5 Å². The zero-order chi connectivity index (χ0) is 14.6. The van der Waals surface area contributed by atoms with Crippen molar-refractivity contribution in [1.29, 1.82) is 0 Å². The van der Waals surface area contributed by atoms with Gasteiger partial charge in [-0.15, -0.1) is 0 Å². The average molecular weight is 277 g/mol. The summed E-state index contributed by atoms with van der Waals surface area (Å²) in [6, 6.07) is 0. The van der Waals surface area contributed by atoms with Crippen molar-refractivity contribution in [2.45, 2.75) is 72.6 Å². The molecular formula is C18H31NO.